The first-order valence-electron chi connectivity index (χ1n) is 7.02. The van der Waals surface area contributed by atoms with Gasteiger partial charge in [-0.3, -0.25) is 0 Å². The van der Waals surface area contributed by atoms with E-state index in [0.717, 1.165) is 5.56 Å². The highest BCUT2D eigenvalue weighted by molar-refractivity contribution is 6.11. The van der Waals surface area contributed by atoms with Gasteiger partial charge in [0.1, 0.15) is 5.75 Å². The number of rotatable bonds is 5. The van der Waals surface area contributed by atoms with E-state index in [0.29, 0.717) is 11.5 Å². The topological polar surface area (TPSA) is 87.3 Å². The zero-order valence-corrected chi connectivity index (χ0v) is 12.7. The Balaban J connectivity index is 1.72. The third kappa shape index (κ3) is 3.52. The summed E-state index contributed by atoms with van der Waals surface area (Å²) in [7, 11) is 1.29. The van der Waals surface area contributed by atoms with Crippen molar-refractivity contribution < 1.29 is 28.2 Å². The fraction of sp³-hybridized carbons (Fsp3) is 0.118. The number of furan rings is 1. The minimum atomic E-state index is -0.549. The molecule has 0 spiro atoms. The highest BCUT2D eigenvalue weighted by atomic mass is 16.6. The Bertz CT molecular complexity index is 802. The predicted molar refractivity (Wildman–Crippen MR) is 83.3 cm³/mol. The Kier molecular flexibility index (Phi) is 4.42. The molecule has 122 valence electrons. The number of nitrogens with zero attached hydrogens (tertiary/aromatic N) is 1. The van der Waals surface area contributed by atoms with Crippen molar-refractivity contribution in [3.63, 3.8) is 0 Å². The van der Waals surface area contributed by atoms with Crippen LogP contribution < -0.4 is 4.74 Å². The Morgan fingerprint density at radius 3 is 2.71 bits per heavy atom. The number of benzene rings is 1. The van der Waals surface area contributed by atoms with Gasteiger partial charge >= 0.3 is 11.9 Å². The first-order chi connectivity index (χ1) is 11.7. The minimum Gasteiger partial charge on any atom is -0.482 e. The van der Waals surface area contributed by atoms with Gasteiger partial charge in [0, 0.05) is 0 Å². The molecule has 24 heavy (non-hydrogen) atoms. The maximum atomic E-state index is 11.8. The van der Waals surface area contributed by atoms with Crippen molar-refractivity contribution in [3.05, 3.63) is 59.7 Å². The molecule has 2 heterocycles. The number of aliphatic imine (C=N–C) groups is 1. The summed E-state index contributed by atoms with van der Waals surface area (Å²) in [5.74, 6) is 0.0195. The van der Waals surface area contributed by atoms with Gasteiger partial charge in [-0.15, -0.1) is 0 Å². The summed E-state index contributed by atoms with van der Waals surface area (Å²) in [4.78, 5) is 27.0. The van der Waals surface area contributed by atoms with Gasteiger partial charge in [-0.1, -0.05) is 12.1 Å². The molecule has 0 N–H and O–H groups in total. The van der Waals surface area contributed by atoms with Crippen LogP contribution >= 0.6 is 0 Å². The molecule has 0 amide bonds. The highest BCUT2D eigenvalue weighted by Gasteiger charge is 2.25. The Morgan fingerprint density at radius 1 is 1.25 bits per heavy atom. The monoisotopic (exact) mass is 327 g/mol. The molecule has 3 rings (SSSR count). The van der Waals surface area contributed by atoms with Crippen LogP contribution in [0.3, 0.4) is 0 Å². The van der Waals surface area contributed by atoms with Gasteiger partial charge in [0.05, 0.1) is 13.4 Å². The van der Waals surface area contributed by atoms with Crippen LogP contribution in [0.1, 0.15) is 11.3 Å². The average Bonchev–Trinajstić information content (AvgIpc) is 3.24. The smallest absolute Gasteiger partial charge is 0.363 e. The zero-order valence-electron chi connectivity index (χ0n) is 12.7. The molecular weight excluding hydrogens is 314 g/mol. The lowest BCUT2D eigenvalue weighted by Gasteiger charge is -2.04. The molecule has 0 bridgehead atoms. The third-order valence-corrected chi connectivity index (χ3v) is 3.12. The maximum absolute atomic E-state index is 11.8. The SMILES string of the molecule is COC(=O)COc1ccc(/C=C2\N=C(c3ccco3)OC2=O)cc1. The van der Waals surface area contributed by atoms with E-state index in [-0.39, 0.29) is 18.2 Å². The standard InChI is InChI=1S/C17H13NO6/c1-21-15(19)10-23-12-6-4-11(5-7-12)9-13-17(20)24-16(18-13)14-3-2-8-22-14/h2-9H,10H2,1H3/b13-9-. The van der Waals surface area contributed by atoms with Crippen LogP contribution in [0.15, 0.2) is 57.8 Å². The summed E-state index contributed by atoms with van der Waals surface area (Å²) in [6.07, 6.45) is 3.06. The highest BCUT2D eigenvalue weighted by Crippen LogP contribution is 2.20. The molecular formula is C17H13NO6. The van der Waals surface area contributed by atoms with Gasteiger partial charge in [0.25, 0.3) is 5.90 Å². The van der Waals surface area contributed by atoms with Crippen molar-refractivity contribution >= 4 is 23.9 Å². The van der Waals surface area contributed by atoms with E-state index in [1.54, 1.807) is 42.5 Å². The lowest BCUT2D eigenvalue weighted by molar-refractivity contribution is -0.142. The summed E-state index contributed by atoms with van der Waals surface area (Å²) in [5, 5.41) is 0. The molecule has 0 fully saturated rings. The molecule has 0 radical (unpaired) electrons. The average molecular weight is 327 g/mol. The molecule has 0 unspecified atom stereocenters. The van der Waals surface area contributed by atoms with E-state index in [2.05, 4.69) is 9.73 Å². The second-order valence-electron chi connectivity index (χ2n) is 4.75. The van der Waals surface area contributed by atoms with Crippen LogP contribution in [0.25, 0.3) is 6.08 Å². The number of hydrogen-bond donors (Lipinski definition) is 0. The number of carbonyl (C=O) groups is 2. The molecule has 1 aliphatic heterocycles. The molecule has 2 aromatic rings. The van der Waals surface area contributed by atoms with Crippen molar-refractivity contribution in [2.24, 2.45) is 4.99 Å². The number of hydrogen-bond acceptors (Lipinski definition) is 7. The van der Waals surface area contributed by atoms with E-state index < -0.39 is 11.9 Å². The molecule has 7 nitrogen and oxygen atoms in total. The van der Waals surface area contributed by atoms with E-state index >= 15 is 0 Å². The van der Waals surface area contributed by atoms with Gasteiger partial charge in [-0.05, 0) is 35.9 Å². The molecule has 1 aromatic heterocycles. The number of esters is 2. The van der Waals surface area contributed by atoms with Crippen LogP contribution in [-0.2, 0) is 19.1 Å². The number of carbonyl (C=O) groups excluding carboxylic acids is 2. The third-order valence-electron chi connectivity index (χ3n) is 3.12. The van der Waals surface area contributed by atoms with E-state index in [4.69, 9.17) is 13.9 Å². The number of cyclic esters (lactones) is 1. The fourth-order valence-electron chi connectivity index (χ4n) is 1.93. The summed E-state index contributed by atoms with van der Waals surface area (Å²) in [6, 6.07) is 10.1. The normalized spacial score (nSPS) is 15.1. The van der Waals surface area contributed by atoms with Crippen LogP contribution in [0.4, 0.5) is 0 Å². The van der Waals surface area contributed by atoms with Crippen molar-refractivity contribution in [2.45, 2.75) is 0 Å². The fourth-order valence-corrected chi connectivity index (χ4v) is 1.93. The maximum Gasteiger partial charge on any atom is 0.363 e. The zero-order chi connectivity index (χ0) is 16.9. The molecule has 0 saturated heterocycles. The van der Waals surface area contributed by atoms with Crippen molar-refractivity contribution in [2.75, 3.05) is 13.7 Å². The summed E-state index contributed by atoms with van der Waals surface area (Å²) < 4.78 is 19.9. The van der Waals surface area contributed by atoms with Gasteiger partial charge in [-0.25, -0.2) is 14.6 Å². The number of methoxy groups -OCH3 is 1. The lowest BCUT2D eigenvalue weighted by atomic mass is 10.2. The second kappa shape index (κ2) is 6.82. The van der Waals surface area contributed by atoms with Gasteiger partial charge in [0.2, 0.25) is 0 Å². The van der Waals surface area contributed by atoms with Crippen LogP contribution in [-0.4, -0.2) is 31.6 Å². The van der Waals surface area contributed by atoms with Crippen molar-refractivity contribution in [1.82, 2.24) is 0 Å². The summed E-state index contributed by atoms with van der Waals surface area (Å²) in [6.45, 7) is -0.167. The van der Waals surface area contributed by atoms with Crippen molar-refractivity contribution in [3.8, 4) is 5.75 Å². The lowest BCUT2D eigenvalue weighted by Crippen LogP contribution is -2.12. The van der Waals surface area contributed by atoms with Gasteiger partial charge in [0.15, 0.2) is 18.1 Å². The first kappa shape index (κ1) is 15.5. The van der Waals surface area contributed by atoms with Crippen molar-refractivity contribution in [1.29, 1.82) is 0 Å². The van der Waals surface area contributed by atoms with E-state index in [1.165, 1.54) is 13.4 Å². The van der Waals surface area contributed by atoms with Gasteiger partial charge < -0.3 is 18.6 Å². The minimum absolute atomic E-state index is 0.134. The quantitative estimate of drug-likeness (QED) is 0.618. The second-order valence-corrected chi connectivity index (χ2v) is 4.75. The largest absolute Gasteiger partial charge is 0.482 e. The van der Waals surface area contributed by atoms with Crippen LogP contribution in [0, 0.1) is 0 Å². The first-order valence-corrected chi connectivity index (χ1v) is 7.02. The van der Waals surface area contributed by atoms with E-state index in [9.17, 15) is 9.59 Å². The van der Waals surface area contributed by atoms with E-state index in [1.807, 2.05) is 0 Å². The summed E-state index contributed by atoms with van der Waals surface area (Å²) in [5.41, 5.74) is 0.904. The Morgan fingerprint density at radius 2 is 2.04 bits per heavy atom. The molecule has 1 aliphatic rings. The summed E-state index contributed by atoms with van der Waals surface area (Å²) >= 11 is 0. The van der Waals surface area contributed by atoms with Crippen LogP contribution in [0.5, 0.6) is 5.75 Å². The molecule has 0 saturated carbocycles. The predicted octanol–water partition coefficient (Wildman–Crippen LogP) is 2.18. The van der Waals surface area contributed by atoms with Gasteiger partial charge in [-0.2, -0.15) is 0 Å². The Labute approximate surface area is 137 Å². The van der Waals surface area contributed by atoms with Crippen LogP contribution in [0.2, 0.25) is 0 Å². The molecule has 1 aromatic carbocycles. The number of ether oxygens (including phenoxy) is 3. The molecule has 0 aliphatic carbocycles. The Hall–Kier alpha value is -3.35. The molecule has 0 atom stereocenters. The molecule has 7 heteroatoms.